The molecule has 0 radical (unpaired) electrons. The first-order chi connectivity index (χ1) is 8.67. The molecule has 0 spiro atoms. The third kappa shape index (κ3) is 4.70. The fraction of sp³-hybridized carbons (Fsp3) is 0.353. The first-order valence-electron chi connectivity index (χ1n) is 6.63. The highest BCUT2D eigenvalue weighted by molar-refractivity contribution is 5.65. The number of aromatic nitrogens is 1. The number of aryl methyl sites for hydroxylation is 1. The lowest BCUT2D eigenvalue weighted by molar-refractivity contribution is 1.03. The van der Waals surface area contributed by atoms with Crippen LogP contribution in [-0.2, 0) is 6.42 Å². The highest BCUT2D eigenvalue weighted by Crippen LogP contribution is 2.14. The molecule has 1 aromatic rings. The summed E-state index contributed by atoms with van der Waals surface area (Å²) in [5.74, 6) is 0. The molecule has 18 heavy (non-hydrogen) atoms. The Kier molecular flexibility index (Phi) is 6.13. The Hall–Kier alpha value is -1.63. The topological polar surface area (TPSA) is 12.9 Å². The van der Waals surface area contributed by atoms with Gasteiger partial charge in [0.05, 0.1) is 0 Å². The average molecular weight is 241 g/mol. The summed E-state index contributed by atoms with van der Waals surface area (Å²) in [6, 6.07) is 4.22. The molecule has 1 rings (SSSR count). The van der Waals surface area contributed by atoms with Gasteiger partial charge in [-0.15, -0.1) is 0 Å². The van der Waals surface area contributed by atoms with Crippen molar-refractivity contribution in [1.29, 1.82) is 0 Å². The monoisotopic (exact) mass is 241 g/mol. The lowest BCUT2D eigenvalue weighted by atomic mass is 10.1. The van der Waals surface area contributed by atoms with Crippen LogP contribution in [0.15, 0.2) is 48.2 Å². The molecular formula is C17H23N. The zero-order valence-corrected chi connectivity index (χ0v) is 11.9. The van der Waals surface area contributed by atoms with E-state index in [2.05, 4.69) is 69.1 Å². The van der Waals surface area contributed by atoms with Crippen LogP contribution in [0.2, 0.25) is 0 Å². The molecule has 0 saturated heterocycles. The molecule has 0 amide bonds. The second-order valence-corrected chi connectivity index (χ2v) is 4.49. The minimum Gasteiger partial charge on any atom is -0.261 e. The van der Waals surface area contributed by atoms with Crippen LogP contribution in [0.3, 0.4) is 0 Å². The van der Waals surface area contributed by atoms with E-state index in [-0.39, 0.29) is 0 Å². The van der Waals surface area contributed by atoms with Crippen LogP contribution < -0.4 is 0 Å². The Bertz CT molecular complexity index is 464. The molecule has 0 aliphatic heterocycles. The summed E-state index contributed by atoms with van der Waals surface area (Å²) in [7, 11) is 0. The number of nitrogens with zero attached hydrogens (tertiary/aromatic N) is 1. The predicted molar refractivity (Wildman–Crippen MR) is 80.5 cm³/mol. The van der Waals surface area contributed by atoms with Crippen molar-refractivity contribution in [2.24, 2.45) is 0 Å². The third-order valence-corrected chi connectivity index (χ3v) is 3.03. The van der Waals surface area contributed by atoms with Crippen LogP contribution in [0.1, 0.15) is 45.4 Å². The normalized spacial score (nSPS) is 13.3. The van der Waals surface area contributed by atoms with Crippen LogP contribution in [0.25, 0.3) is 5.57 Å². The summed E-state index contributed by atoms with van der Waals surface area (Å²) in [6.07, 6.45) is 12.5. The summed E-state index contributed by atoms with van der Waals surface area (Å²) in [4.78, 5) is 4.32. The van der Waals surface area contributed by atoms with E-state index in [4.69, 9.17) is 0 Å². The number of allylic oxidation sites excluding steroid dienone is 6. The van der Waals surface area contributed by atoms with E-state index < -0.39 is 0 Å². The van der Waals surface area contributed by atoms with Crippen molar-refractivity contribution < 1.29 is 0 Å². The highest BCUT2D eigenvalue weighted by Gasteiger charge is 1.96. The SMILES string of the molecule is CCC(C)=C/C=C\C=C(/C)c1ccnc(CC)c1. The molecule has 0 bridgehead atoms. The van der Waals surface area contributed by atoms with Crippen molar-refractivity contribution >= 4 is 5.57 Å². The van der Waals surface area contributed by atoms with Crippen molar-refractivity contribution in [3.05, 3.63) is 59.5 Å². The maximum absolute atomic E-state index is 4.32. The van der Waals surface area contributed by atoms with Gasteiger partial charge in [-0.2, -0.15) is 0 Å². The van der Waals surface area contributed by atoms with Crippen molar-refractivity contribution in [1.82, 2.24) is 4.98 Å². The fourth-order valence-corrected chi connectivity index (χ4v) is 1.55. The summed E-state index contributed by atoms with van der Waals surface area (Å²) in [5, 5.41) is 0. The molecule has 0 aromatic carbocycles. The van der Waals surface area contributed by atoms with E-state index in [0.717, 1.165) is 18.5 Å². The van der Waals surface area contributed by atoms with Gasteiger partial charge < -0.3 is 0 Å². The lowest BCUT2D eigenvalue weighted by Crippen LogP contribution is -1.88. The van der Waals surface area contributed by atoms with Crippen LogP contribution in [0.5, 0.6) is 0 Å². The van der Waals surface area contributed by atoms with Gasteiger partial charge in [-0.05, 0) is 50.0 Å². The molecule has 0 aliphatic carbocycles. The van der Waals surface area contributed by atoms with Gasteiger partial charge in [0, 0.05) is 11.9 Å². The average Bonchev–Trinajstić information content (AvgIpc) is 2.43. The van der Waals surface area contributed by atoms with Crippen molar-refractivity contribution in [2.75, 3.05) is 0 Å². The van der Waals surface area contributed by atoms with E-state index in [1.807, 2.05) is 6.20 Å². The molecule has 0 aliphatic rings. The first-order valence-corrected chi connectivity index (χ1v) is 6.63. The molecule has 0 saturated carbocycles. The number of hydrogen-bond donors (Lipinski definition) is 0. The van der Waals surface area contributed by atoms with E-state index in [9.17, 15) is 0 Å². The molecule has 1 heteroatoms. The predicted octanol–water partition coefficient (Wildman–Crippen LogP) is 4.96. The van der Waals surface area contributed by atoms with Crippen LogP contribution in [0, 0.1) is 0 Å². The third-order valence-electron chi connectivity index (χ3n) is 3.03. The van der Waals surface area contributed by atoms with Crippen LogP contribution in [0.4, 0.5) is 0 Å². The first kappa shape index (κ1) is 14.4. The standard InChI is InChI=1S/C17H23N/c1-5-14(3)9-7-8-10-15(4)16-11-12-18-17(6-2)13-16/h7-13H,5-6H2,1-4H3/b8-7-,14-9?,15-10+. The van der Waals surface area contributed by atoms with Gasteiger partial charge in [0.25, 0.3) is 0 Å². The second-order valence-electron chi connectivity index (χ2n) is 4.49. The molecule has 0 fully saturated rings. The van der Waals surface area contributed by atoms with E-state index in [1.54, 1.807) is 0 Å². The summed E-state index contributed by atoms with van der Waals surface area (Å²) in [6.45, 7) is 8.58. The zero-order chi connectivity index (χ0) is 13.4. The molecule has 1 nitrogen and oxygen atoms in total. The van der Waals surface area contributed by atoms with Crippen LogP contribution >= 0.6 is 0 Å². The molecule has 0 unspecified atom stereocenters. The van der Waals surface area contributed by atoms with E-state index in [0.29, 0.717) is 0 Å². The van der Waals surface area contributed by atoms with E-state index in [1.165, 1.54) is 16.7 Å². The summed E-state index contributed by atoms with van der Waals surface area (Å²) in [5.41, 5.74) is 5.06. The van der Waals surface area contributed by atoms with Crippen molar-refractivity contribution in [3.63, 3.8) is 0 Å². The van der Waals surface area contributed by atoms with Gasteiger partial charge in [-0.1, -0.05) is 43.7 Å². The minimum absolute atomic E-state index is 0.982. The number of hydrogen-bond acceptors (Lipinski definition) is 1. The lowest BCUT2D eigenvalue weighted by Gasteiger charge is -2.02. The van der Waals surface area contributed by atoms with Gasteiger partial charge in [0.15, 0.2) is 0 Å². The molecule has 0 atom stereocenters. The summed E-state index contributed by atoms with van der Waals surface area (Å²) < 4.78 is 0. The molecule has 1 aromatic heterocycles. The van der Waals surface area contributed by atoms with E-state index >= 15 is 0 Å². The summed E-state index contributed by atoms with van der Waals surface area (Å²) >= 11 is 0. The zero-order valence-electron chi connectivity index (χ0n) is 11.9. The molecule has 1 heterocycles. The number of rotatable bonds is 5. The smallest absolute Gasteiger partial charge is 0.0406 e. The fourth-order valence-electron chi connectivity index (χ4n) is 1.55. The molecular weight excluding hydrogens is 218 g/mol. The maximum atomic E-state index is 4.32. The molecule has 96 valence electrons. The minimum atomic E-state index is 0.982. The van der Waals surface area contributed by atoms with Gasteiger partial charge in [-0.3, -0.25) is 4.98 Å². The Balaban J connectivity index is 2.77. The Labute approximate surface area is 111 Å². The maximum Gasteiger partial charge on any atom is 0.0406 e. The van der Waals surface area contributed by atoms with Gasteiger partial charge in [-0.25, -0.2) is 0 Å². The van der Waals surface area contributed by atoms with Crippen molar-refractivity contribution in [3.8, 4) is 0 Å². The Morgan fingerprint density at radius 2 is 1.89 bits per heavy atom. The van der Waals surface area contributed by atoms with Gasteiger partial charge >= 0.3 is 0 Å². The molecule has 0 N–H and O–H groups in total. The van der Waals surface area contributed by atoms with Gasteiger partial charge in [0.2, 0.25) is 0 Å². The van der Waals surface area contributed by atoms with Crippen LogP contribution in [-0.4, -0.2) is 4.98 Å². The Morgan fingerprint density at radius 1 is 1.17 bits per heavy atom. The highest BCUT2D eigenvalue weighted by atomic mass is 14.7. The quantitative estimate of drug-likeness (QED) is 0.664. The largest absolute Gasteiger partial charge is 0.261 e. The van der Waals surface area contributed by atoms with Gasteiger partial charge in [0.1, 0.15) is 0 Å². The van der Waals surface area contributed by atoms with Crippen molar-refractivity contribution in [2.45, 2.75) is 40.5 Å². The Morgan fingerprint density at radius 3 is 2.56 bits per heavy atom. The second kappa shape index (κ2) is 7.65. The number of pyridine rings is 1.